The zero-order valence-corrected chi connectivity index (χ0v) is 15.2. The van der Waals surface area contributed by atoms with E-state index in [0.717, 1.165) is 28.1 Å². The van der Waals surface area contributed by atoms with Gasteiger partial charge in [0.1, 0.15) is 22.0 Å². The van der Waals surface area contributed by atoms with Crippen molar-refractivity contribution in [2.24, 2.45) is 0 Å². The number of aromatic nitrogens is 2. The van der Waals surface area contributed by atoms with Gasteiger partial charge in [0.15, 0.2) is 0 Å². The van der Waals surface area contributed by atoms with Crippen LogP contribution in [0, 0.1) is 5.82 Å². The Morgan fingerprint density at radius 2 is 2.24 bits per heavy atom. The summed E-state index contributed by atoms with van der Waals surface area (Å²) in [5.41, 5.74) is 1.81. The van der Waals surface area contributed by atoms with Gasteiger partial charge in [0, 0.05) is 16.0 Å². The van der Waals surface area contributed by atoms with Crippen LogP contribution in [0.15, 0.2) is 35.6 Å². The smallest absolute Gasteiger partial charge is 0.237 e. The molecule has 1 amide bonds. The number of hydrogen-bond donors (Lipinski definition) is 1. The largest absolute Gasteiger partial charge is 0.325 e. The molecule has 0 aliphatic heterocycles. The van der Waals surface area contributed by atoms with Crippen LogP contribution in [0.2, 0.25) is 0 Å². The topological polar surface area (TPSA) is 54.9 Å². The van der Waals surface area contributed by atoms with Crippen LogP contribution in [0.4, 0.5) is 10.1 Å². The lowest BCUT2D eigenvalue weighted by atomic mass is 10.2. The summed E-state index contributed by atoms with van der Waals surface area (Å²) in [7, 11) is 0. The number of nitrogens with one attached hydrogen (secondary N) is 1. The minimum Gasteiger partial charge on any atom is -0.325 e. The fraction of sp³-hybridized carbons (Fsp3) is 0.278. The van der Waals surface area contributed by atoms with Crippen molar-refractivity contribution in [3.8, 4) is 0 Å². The van der Waals surface area contributed by atoms with E-state index in [1.54, 1.807) is 29.8 Å². The summed E-state index contributed by atoms with van der Waals surface area (Å²) >= 11 is 3.16. The van der Waals surface area contributed by atoms with Crippen LogP contribution in [0.5, 0.6) is 0 Å². The van der Waals surface area contributed by atoms with E-state index >= 15 is 0 Å². The van der Waals surface area contributed by atoms with Gasteiger partial charge < -0.3 is 5.32 Å². The first-order valence-corrected chi connectivity index (χ1v) is 9.80. The maximum absolute atomic E-state index is 13.3. The highest BCUT2D eigenvalue weighted by atomic mass is 32.2. The number of aryl methyl sites for hydroxylation is 2. The monoisotopic (exact) mass is 373 g/mol. The van der Waals surface area contributed by atoms with Gasteiger partial charge in [-0.25, -0.2) is 14.4 Å². The highest BCUT2D eigenvalue weighted by molar-refractivity contribution is 8.00. The number of thioether (sulfide) groups is 1. The molecule has 4 nitrogen and oxygen atoms in total. The first-order valence-electron chi connectivity index (χ1n) is 8.10. The van der Waals surface area contributed by atoms with Crippen molar-refractivity contribution in [1.29, 1.82) is 0 Å². The molecule has 0 bridgehead atoms. The van der Waals surface area contributed by atoms with E-state index in [2.05, 4.69) is 15.3 Å². The second-order valence-corrected chi connectivity index (χ2v) is 8.39. The maximum Gasteiger partial charge on any atom is 0.237 e. The van der Waals surface area contributed by atoms with Gasteiger partial charge in [-0.05, 0) is 49.9 Å². The van der Waals surface area contributed by atoms with Gasteiger partial charge in [-0.3, -0.25) is 4.79 Å². The molecular weight excluding hydrogens is 357 g/mol. The molecule has 2 heterocycles. The van der Waals surface area contributed by atoms with Crippen molar-refractivity contribution < 1.29 is 9.18 Å². The zero-order valence-electron chi connectivity index (χ0n) is 13.6. The minimum atomic E-state index is -0.371. The molecule has 0 radical (unpaired) electrons. The molecule has 1 aromatic carbocycles. The van der Waals surface area contributed by atoms with E-state index in [4.69, 9.17) is 0 Å². The quantitative estimate of drug-likeness (QED) is 0.543. The Balaban J connectivity index is 1.55. The number of halogens is 1. The Bertz CT molecular complexity index is 957. The van der Waals surface area contributed by atoms with Crippen LogP contribution in [0.1, 0.15) is 23.8 Å². The molecule has 4 rings (SSSR count). The van der Waals surface area contributed by atoms with Crippen molar-refractivity contribution in [2.75, 3.05) is 5.32 Å². The normalized spacial score (nSPS) is 14.5. The van der Waals surface area contributed by atoms with E-state index in [9.17, 15) is 9.18 Å². The Labute approximate surface area is 152 Å². The number of nitrogens with zero attached hydrogens (tertiary/aromatic N) is 2. The predicted molar refractivity (Wildman–Crippen MR) is 99.8 cm³/mol. The fourth-order valence-corrected chi connectivity index (χ4v) is 5.26. The molecule has 0 fully saturated rings. The van der Waals surface area contributed by atoms with Crippen LogP contribution in [-0.2, 0) is 17.6 Å². The highest BCUT2D eigenvalue weighted by Crippen LogP contribution is 2.40. The van der Waals surface area contributed by atoms with Crippen LogP contribution in [0.25, 0.3) is 10.2 Å². The van der Waals surface area contributed by atoms with Gasteiger partial charge >= 0.3 is 0 Å². The third-order valence-corrected chi connectivity index (χ3v) is 6.52. The number of hydrogen-bond acceptors (Lipinski definition) is 5. The second kappa shape index (κ2) is 6.72. The van der Waals surface area contributed by atoms with E-state index in [0.29, 0.717) is 5.69 Å². The highest BCUT2D eigenvalue weighted by Gasteiger charge is 2.23. The third-order valence-electron chi connectivity index (χ3n) is 4.22. The Hall–Kier alpha value is -1.99. The lowest BCUT2D eigenvalue weighted by Crippen LogP contribution is -2.22. The standard InChI is InChI=1S/C18H16FN3OS2/c1-10(16(23)22-12-5-2-4-11(19)8-12)24-17-15-13-6-3-7-14(13)25-18(15)21-9-20-17/h2,4-5,8-10H,3,6-7H2,1H3,(H,22,23)/t10-/m1/s1. The molecule has 7 heteroatoms. The summed E-state index contributed by atoms with van der Waals surface area (Å²) in [6.07, 6.45) is 4.90. The molecule has 128 valence electrons. The molecule has 0 spiro atoms. The van der Waals surface area contributed by atoms with Gasteiger partial charge in [-0.15, -0.1) is 11.3 Å². The molecule has 0 saturated heterocycles. The second-order valence-electron chi connectivity index (χ2n) is 5.98. The zero-order chi connectivity index (χ0) is 17.4. The van der Waals surface area contributed by atoms with Crippen LogP contribution < -0.4 is 5.32 Å². The lowest BCUT2D eigenvalue weighted by Gasteiger charge is -2.12. The van der Waals surface area contributed by atoms with E-state index in [1.807, 2.05) is 6.92 Å². The van der Waals surface area contributed by atoms with Gasteiger partial charge in [-0.1, -0.05) is 17.8 Å². The average molecular weight is 373 g/mol. The summed E-state index contributed by atoms with van der Waals surface area (Å²) in [5.74, 6) is -0.543. The van der Waals surface area contributed by atoms with E-state index in [-0.39, 0.29) is 17.0 Å². The van der Waals surface area contributed by atoms with Crippen LogP contribution in [-0.4, -0.2) is 21.1 Å². The first kappa shape index (κ1) is 16.5. The third kappa shape index (κ3) is 3.26. The minimum absolute atomic E-state index is 0.172. The number of amides is 1. The SMILES string of the molecule is C[C@@H](Sc1ncnc2sc3c(c12)CCC3)C(=O)Nc1cccc(F)c1. The summed E-state index contributed by atoms with van der Waals surface area (Å²) in [4.78, 5) is 23.6. The van der Waals surface area contributed by atoms with Crippen molar-refractivity contribution in [2.45, 2.75) is 36.5 Å². The van der Waals surface area contributed by atoms with E-state index in [1.165, 1.54) is 40.8 Å². The summed E-state index contributed by atoms with van der Waals surface area (Å²) in [6, 6.07) is 5.91. The van der Waals surface area contributed by atoms with Crippen LogP contribution in [0.3, 0.4) is 0 Å². The van der Waals surface area contributed by atoms with Gasteiger partial charge in [0.05, 0.1) is 5.25 Å². The molecule has 1 atom stereocenters. The molecule has 1 aliphatic carbocycles. The summed E-state index contributed by atoms with van der Waals surface area (Å²) in [5, 5.41) is 4.37. The number of fused-ring (bicyclic) bond motifs is 3. The first-order chi connectivity index (χ1) is 12.1. The van der Waals surface area contributed by atoms with Crippen molar-refractivity contribution in [3.63, 3.8) is 0 Å². The Morgan fingerprint density at radius 3 is 3.08 bits per heavy atom. The molecule has 1 aliphatic rings. The van der Waals surface area contributed by atoms with Crippen molar-refractivity contribution >= 4 is 44.9 Å². The molecular formula is C18H16FN3OS2. The van der Waals surface area contributed by atoms with Gasteiger partial charge in [-0.2, -0.15) is 0 Å². The number of anilines is 1. The van der Waals surface area contributed by atoms with Crippen molar-refractivity contribution in [3.05, 3.63) is 46.9 Å². The number of benzene rings is 1. The fourth-order valence-electron chi connectivity index (χ4n) is 3.02. The maximum atomic E-state index is 13.3. The van der Waals surface area contributed by atoms with Crippen LogP contribution >= 0.6 is 23.1 Å². The number of rotatable bonds is 4. The summed E-state index contributed by atoms with van der Waals surface area (Å²) < 4.78 is 13.3. The van der Waals surface area contributed by atoms with E-state index < -0.39 is 0 Å². The number of carbonyl (C=O) groups excluding carboxylic acids is 1. The molecule has 0 unspecified atom stereocenters. The molecule has 2 aromatic heterocycles. The number of carbonyl (C=O) groups is 1. The Morgan fingerprint density at radius 1 is 1.36 bits per heavy atom. The number of thiophene rings is 1. The Kier molecular flexibility index (Phi) is 4.43. The van der Waals surface area contributed by atoms with Gasteiger partial charge in [0.25, 0.3) is 0 Å². The molecule has 25 heavy (non-hydrogen) atoms. The lowest BCUT2D eigenvalue weighted by molar-refractivity contribution is -0.115. The summed E-state index contributed by atoms with van der Waals surface area (Å²) in [6.45, 7) is 1.83. The molecule has 1 N–H and O–H groups in total. The average Bonchev–Trinajstić information content (AvgIpc) is 3.15. The van der Waals surface area contributed by atoms with Gasteiger partial charge in [0.2, 0.25) is 5.91 Å². The van der Waals surface area contributed by atoms with Crippen molar-refractivity contribution in [1.82, 2.24) is 9.97 Å². The predicted octanol–water partition coefficient (Wildman–Crippen LogP) is 4.44. The molecule has 3 aromatic rings. The molecule has 0 saturated carbocycles.